The first-order valence-electron chi connectivity index (χ1n) is 7.37. The van der Waals surface area contributed by atoms with Crippen LogP contribution in [0.5, 0.6) is 0 Å². The lowest BCUT2D eigenvalue weighted by molar-refractivity contribution is 0.0674. The Kier molecular flexibility index (Phi) is 4.21. The first-order chi connectivity index (χ1) is 7.68. The third-order valence-electron chi connectivity index (χ3n) is 5.12. The number of unbranched alkanes of at least 4 members (excludes halogenated alkanes) is 4. The van der Waals surface area contributed by atoms with E-state index in [1.54, 1.807) is 0 Å². The Labute approximate surface area is 106 Å². The summed E-state index contributed by atoms with van der Waals surface area (Å²) in [4.78, 5) is 0.226. The zero-order valence-electron chi connectivity index (χ0n) is 10.9. The van der Waals surface area contributed by atoms with Gasteiger partial charge in [0.15, 0.2) is 0 Å². The zero-order chi connectivity index (χ0) is 11.5. The summed E-state index contributed by atoms with van der Waals surface area (Å²) in [5.74, 6) is 0. The highest BCUT2D eigenvalue weighted by molar-refractivity contribution is 6.24. The van der Waals surface area contributed by atoms with Crippen LogP contribution in [0.4, 0.5) is 0 Å². The van der Waals surface area contributed by atoms with Crippen LogP contribution in [0.25, 0.3) is 0 Å². The van der Waals surface area contributed by atoms with Crippen LogP contribution in [-0.4, -0.2) is 4.87 Å². The highest BCUT2D eigenvalue weighted by Crippen LogP contribution is 2.57. The second-order valence-corrected chi connectivity index (χ2v) is 7.12. The number of fused-ring (bicyclic) bond motifs is 3. The normalized spacial score (nSPS) is 37.9. The average Bonchev–Trinajstić information content (AvgIpc) is 2.31. The van der Waals surface area contributed by atoms with Crippen LogP contribution >= 0.6 is 11.6 Å². The summed E-state index contributed by atoms with van der Waals surface area (Å²) in [5, 5.41) is 0. The second-order valence-electron chi connectivity index (χ2n) is 6.32. The molecule has 0 aromatic carbocycles. The predicted molar refractivity (Wildman–Crippen MR) is 72.1 cm³/mol. The molecule has 3 aliphatic carbocycles. The molecule has 0 spiro atoms. The third kappa shape index (κ3) is 2.94. The molecule has 0 aliphatic heterocycles. The van der Waals surface area contributed by atoms with Crippen molar-refractivity contribution in [2.45, 2.75) is 88.8 Å². The smallest absolute Gasteiger partial charge is 0.0447 e. The van der Waals surface area contributed by atoms with E-state index >= 15 is 0 Å². The van der Waals surface area contributed by atoms with E-state index in [9.17, 15) is 0 Å². The van der Waals surface area contributed by atoms with E-state index in [-0.39, 0.29) is 4.87 Å². The van der Waals surface area contributed by atoms with Crippen molar-refractivity contribution in [1.82, 2.24) is 0 Å². The Morgan fingerprint density at radius 3 is 1.94 bits per heavy atom. The maximum absolute atomic E-state index is 6.56. The van der Waals surface area contributed by atoms with Gasteiger partial charge in [0, 0.05) is 4.87 Å². The average molecular weight is 243 g/mol. The monoisotopic (exact) mass is 242 g/mol. The molecule has 94 valence electrons. The highest BCUT2D eigenvalue weighted by atomic mass is 35.5. The number of alkyl halides is 1. The Bertz CT molecular complexity index is 197. The van der Waals surface area contributed by atoms with Crippen molar-refractivity contribution < 1.29 is 0 Å². The SMILES string of the molecule is CCCCCCCC12CCC(Cl)(CC1)CC2. The molecule has 1 heteroatoms. The molecule has 0 saturated heterocycles. The molecular weight excluding hydrogens is 216 g/mol. The van der Waals surface area contributed by atoms with Gasteiger partial charge in [-0.1, -0.05) is 39.0 Å². The maximum Gasteiger partial charge on any atom is 0.0447 e. The van der Waals surface area contributed by atoms with E-state index in [1.165, 1.54) is 77.0 Å². The summed E-state index contributed by atoms with van der Waals surface area (Å²) in [5.41, 5.74) is 0.725. The fourth-order valence-corrected chi connectivity index (χ4v) is 3.98. The topological polar surface area (TPSA) is 0 Å². The van der Waals surface area contributed by atoms with Gasteiger partial charge in [0.25, 0.3) is 0 Å². The molecule has 0 aromatic rings. The van der Waals surface area contributed by atoms with Crippen LogP contribution in [0.3, 0.4) is 0 Å². The molecule has 0 aromatic heterocycles. The molecule has 0 heterocycles. The second kappa shape index (κ2) is 5.29. The number of hydrogen-bond donors (Lipinski definition) is 0. The minimum absolute atomic E-state index is 0.226. The number of rotatable bonds is 6. The van der Waals surface area contributed by atoms with E-state index in [2.05, 4.69) is 6.92 Å². The maximum atomic E-state index is 6.56. The van der Waals surface area contributed by atoms with Crippen LogP contribution in [0.15, 0.2) is 0 Å². The van der Waals surface area contributed by atoms with Crippen molar-refractivity contribution in [1.29, 1.82) is 0 Å². The third-order valence-corrected chi connectivity index (χ3v) is 5.69. The van der Waals surface area contributed by atoms with Crippen molar-refractivity contribution in [2.75, 3.05) is 0 Å². The standard InChI is InChI=1S/C15H27Cl/c1-2-3-4-5-6-7-14-8-11-15(16,12-9-14)13-10-14/h2-13H2,1H3. The summed E-state index contributed by atoms with van der Waals surface area (Å²) >= 11 is 6.56. The van der Waals surface area contributed by atoms with E-state index in [0.29, 0.717) is 0 Å². The van der Waals surface area contributed by atoms with Crippen molar-refractivity contribution in [3.63, 3.8) is 0 Å². The van der Waals surface area contributed by atoms with Gasteiger partial charge in [0.05, 0.1) is 0 Å². The van der Waals surface area contributed by atoms with Crippen LogP contribution in [0.1, 0.15) is 84.0 Å². The van der Waals surface area contributed by atoms with E-state index < -0.39 is 0 Å². The fourth-order valence-electron chi connectivity index (χ4n) is 3.70. The molecule has 3 rings (SSSR count). The van der Waals surface area contributed by atoms with Gasteiger partial charge in [0.2, 0.25) is 0 Å². The Balaban J connectivity index is 1.69. The molecule has 0 radical (unpaired) electrons. The molecule has 0 amide bonds. The van der Waals surface area contributed by atoms with E-state index in [4.69, 9.17) is 11.6 Å². The zero-order valence-corrected chi connectivity index (χ0v) is 11.6. The Hall–Kier alpha value is 0.290. The van der Waals surface area contributed by atoms with Crippen molar-refractivity contribution in [2.24, 2.45) is 5.41 Å². The lowest BCUT2D eigenvalue weighted by Crippen LogP contribution is -2.42. The lowest BCUT2D eigenvalue weighted by atomic mass is 9.58. The van der Waals surface area contributed by atoms with Crippen molar-refractivity contribution in [3.05, 3.63) is 0 Å². The minimum Gasteiger partial charge on any atom is -0.119 e. The van der Waals surface area contributed by atoms with Gasteiger partial charge in [-0.3, -0.25) is 0 Å². The first-order valence-corrected chi connectivity index (χ1v) is 7.75. The summed E-state index contributed by atoms with van der Waals surface area (Å²) in [6.45, 7) is 2.29. The molecule has 0 unspecified atom stereocenters. The van der Waals surface area contributed by atoms with Gasteiger partial charge >= 0.3 is 0 Å². The Morgan fingerprint density at radius 2 is 1.38 bits per heavy atom. The van der Waals surface area contributed by atoms with Gasteiger partial charge in [-0.25, -0.2) is 0 Å². The quantitative estimate of drug-likeness (QED) is 0.415. The summed E-state index contributed by atoms with van der Waals surface area (Å²) < 4.78 is 0. The molecule has 2 bridgehead atoms. The molecule has 16 heavy (non-hydrogen) atoms. The number of hydrogen-bond acceptors (Lipinski definition) is 0. The molecule has 3 saturated carbocycles. The van der Waals surface area contributed by atoms with E-state index in [0.717, 1.165) is 5.41 Å². The minimum atomic E-state index is 0.226. The van der Waals surface area contributed by atoms with E-state index in [1.807, 2.05) is 0 Å². The van der Waals surface area contributed by atoms with Gasteiger partial charge in [-0.05, 0) is 50.4 Å². The fraction of sp³-hybridized carbons (Fsp3) is 1.00. The molecule has 0 atom stereocenters. The van der Waals surface area contributed by atoms with Gasteiger partial charge < -0.3 is 0 Å². The molecule has 0 nitrogen and oxygen atoms in total. The molecular formula is C15H27Cl. The summed E-state index contributed by atoms with van der Waals surface area (Å²) in [6, 6.07) is 0. The van der Waals surface area contributed by atoms with Gasteiger partial charge in [0.1, 0.15) is 0 Å². The molecule has 3 fully saturated rings. The van der Waals surface area contributed by atoms with Gasteiger partial charge in [-0.2, -0.15) is 0 Å². The van der Waals surface area contributed by atoms with Crippen molar-refractivity contribution in [3.8, 4) is 0 Å². The molecule has 0 N–H and O–H groups in total. The first kappa shape index (κ1) is 12.7. The predicted octanol–water partition coefficient (Wildman–Crippen LogP) is 5.68. The van der Waals surface area contributed by atoms with Crippen LogP contribution < -0.4 is 0 Å². The summed E-state index contributed by atoms with van der Waals surface area (Å²) in [6.07, 6.45) is 16.8. The van der Waals surface area contributed by atoms with Crippen LogP contribution in [0.2, 0.25) is 0 Å². The summed E-state index contributed by atoms with van der Waals surface area (Å²) in [7, 11) is 0. The Morgan fingerprint density at radius 1 is 0.812 bits per heavy atom. The highest BCUT2D eigenvalue weighted by Gasteiger charge is 2.46. The van der Waals surface area contributed by atoms with Gasteiger partial charge in [-0.15, -0.1) is 11.6 Å². The van der Waals surface area contributed by atoms with Crippen molar-refractivity contribution >= 4 is 11.6 Å². The lowest BCUT2D eigenvalue weighted by Gasteiger charge is -2.51. The largest absolute Gasteiger partial charge is 0.119 e. The van der Waals surface area contributed by atoms with Crippen LogP contribution in [0, 0.1) is 5.41 Å². The van der Waals surface area contributed by atoms with Crippen LogP contribution in [-0.2, 0) is 0 Å². The number of halogens is 1. The molecule has 3 aliphatic rings.